The molecule has 2 aromatic rings. The molecule has 0 N–H and O–H groups in total. The largest absolute Gasteiger partial charge is 0.493 e. The van der Waals surface area contributed by atoms with Crippen LogP contribution >= 0.6 is 0 Å². The lowest BCUT2D eigenvalue weighted by molar-refractivity contribution is -0.131. The van der Waals surface area contributed by atoms with Gasteiger partial charge in [0, 0.05) is 43.7 Å². The molecular formula is C22H27N3O4. The molecule has 1 saturated heterocycles. The Kier molecular flexibility index (Phi) is 5.56. The number of aryl methyl sites for hydroxylation is 1. The average molecular weight is 397 g/mol. The highest BCUT2D eigenvalue weighted by atomic mass is 16.5. The van der Waals surface area contributed by atoms with Crippen molar-refractivity contribution < 1.29 is 14.3 Å². The number of methoxy groups -OCH3 is 2. The zero-order valence-electron chi connectivity index (χ0n) is 17.0. The molecule has 7 heteroatoms. The summed E-state index contributed by atoms with van der Waals surface area (Å²) < 4.78 is 12.8. The van der Waals surface area contributed by atoms with Crippen molar-refractivity contribution in [1.29, 1.82) is 0 Å². The molecule has 0 radical (unpaired) electrons. The van der Waals surface area contributed by atoms with Crippen molar-refractivity contribution in [1.82, 2.24) is 14.5 Å². The third-order valence-electron chi connectivity index (χ3n) is 5.91. The first-order valence-corrected chi connectivity index (χ1v) is 10.2. The molecule has 2 aliphatic heterocycles. The van der Waals surface area contributed by atoms with Crippen LogP contribution in [0.3, 0.4) is 0 Å². The van der Waals surface area contributed by atoms with E-state index in [-0.39, 0.29) is 17.4 Å². The molecule has 154 valence electrons. The fourth-order valence-electron chi connectivity index (χ4n) is 4.48. The van der Waals surface area contributed by atoms with Crippen LogP contribution in [-0.2, 0) is 24.2 Å². The molecule has 1 fully saturated rings. The number of likely N-dealkylation sites (tertiary alicyclic amines) is 1. The van der Waals surface area contributed by atoms with Gasteiger partial charge in [0.05, 0.1) is 20.6 Å². The molecule has 0 unspecified atom stereocenters. The Morgan fingerprint density at radius 3 is 2.76 bits per heavy atom. The van der Waals surface area contributed by atoms with E-state index in [1.807, 2.05) is 23.1 Å². The molecule has 0 bridgehead atoms. The van der Waals surface area contributed by atoms with Gasteiger partial charge >= 0.3 is 0 Å². The maximum absolute atomic E-state index is 13.0. The van der Waals surface area contributed by atoms with E-state index in [0.717, 1.165) is 55.9 Å². The van der Waals surface area contributed by atoms with Crippen molar-refractivity contribution in [3.8, 4) is 11.5 Å². The van der Waals surface area contributed by atoms with Crippen LogP contribution in [0.2, 0.25) is 0 Å². The van der Waals surface area contributed by atoms with Crippen LogP contribution in [0.1, 0.15) is 42.3 Å². The second-order valence-electron chi connectivity index (χ2n) is 7.74. The third-order valence-corrected chi connectivity index (χ3v) is 5.91. The molecule has 29 heavy (non-hydrogen) atoms. The van der Waals surface area contributed by atoms with E-state index in [1.54, 1.807) is 20.3 Å². The molecule has 7 nitrogen and oxygen atoms in total. The van der Waals surface area contributed by atoms with Crippen LogP contribution in [-0.4, -0.2) is 47.7 Å². The fourth-order valence-corrected chi connectivity index (χ4v) is 4.48. The van der Waals surface area contributed by atoms with E-state index in [4.69, 9.17) is 9.47 Å². The van der Waals surface area contributed by atoms with Gasteiger partial charge in [-0.05, 0) is 37.0 Å². The van der Waals surface area contributed by atoms with Crippen molar-refractivity contribution in [2.75, 3.05) is 27.3 Å². The molecule has 3 heterocycles. The molecule has 0 saturated carbocycles. The van der Waals surface area contributed by atoms with E-state index in [1.165, 1.54) is 0 Å². The number of benzene rings is 1. The highest BCUT2D eigenvalue weighted by Gasteiger charge is 2.28. The first-order valence-electron chi connectivity index (χ1n) is 10.2. The number of piperidine rings is 1. The van der Waals surface area contributed by atoms with E-state index in [0.29, 0.717) is 24.5 Å². The smallest absolute Gasteiger partial charge is 0.273 e. The Balaban J connectivity index is 1.49. The summed E-state index contributed by atoms with van der Waals surface area (Å²) in [7, 11) is 3.19. The molecule has 1 aromatic heterocycles. The number of aromatic nitrogens is 2. The van der Waals surface area contributed by atoms with E-state index >= 15 is 0 Å². The molecule has 1 amide bonds. The lowest BCUT2D eigenvalue weighted by atomic mass is 9.93. The Hall–Kier alpha value is -2.83. The lowest BCUT2D eigenvalue weighted by Crippen LogP contribution is -2.41. The second-order valence-corrected chi connectivity index (χ2v) is 7.74. The minimum Gasteiger partial charge on any atom is -0.493 e. The topological polar surface area (TPSA) is 73.7 Å². The highest BCUT2D eigenvalue weighted by Crippen LogP contribution is 2.30. The van der Waals surface area contributed by atoms with Crippen molar-refractivity contribution in [2.24, 2.45) is 0 Å². The third kappa shape index (κ3) is 3.99. The van der Waals surface area contributed by atoms with E-state index in [2.05, 4.69) is 9.55 Å². The number of carbonyl (C=O) groups is 1. The molecule has 2 aliphatic rings. The lowest BCUT2D eigenvalue weighted by Gasteiger charge is -2.34. The van der Waals surface area contributed by atoms with E-state index in [9.17, 15) is 9.59 Å². The highest BCUT2D eigenvalue weighted by molar-refractivity contribution is 5.79. The van der Waals surface area contributed by atoms with E-state index < -0.39 is 0 Å². The first-order chi connectivity index (χ1) is 14.1. The Bertz CT molecular complexity index is 969. The van der Waals surface area contributed by atoms with Gasteiger partial charge in [-0.3, -0.25) is 9.59 Å². The first kappa shape index (κ1) is 19.5. The number of hydrogen-bond acceptors (Lipinski definition) is 5. The zero-order valence-corrected chi connectivity index (χ0v) is 17.0. The van der Waals surface area contributed by atoms with Crippen molar-refractivity contribution in [3.63, 3.8) is 0 Å². The Labute approximate surface area is 170 Å². The summed E-state index contributed by atoms with van der Waals surface area (Å²) in [4.78, 5) is 31.1. The predicted molar refractivity (Wildman–Crippen MR) is 109 cm³/mol. The number of amides is 1. The second kappa shape index (κ2) is 8.27. The summed E-state index contributed by atoms with van der Waals surface area (Å²) in [5.41, 5.74) is 1.78. The van der Waals surface area contributed by atoms with Gasteiger partial charge in [-0.15, -0.1) is 0 Å². The number of ether oxygens (including phenoxy) is 2. The Morgan fingerprint density at radius 2 is 1.97 bits per heavy atom. The number of fused-ring (bicyclic) bond motifs is 1. The maximum Gasteiger partial charge on any atom is 0.273 e. The van der Waals surface area contributed by atoms with Crippen LogP contribution in [0.25, 0.3) is 0 Å². The van der Waals surface area contributed by atoms with Crippen LogP contribution in [0.4, 0.5) is 0 Å². The monoisotopic (exact) mass is 397 g/mol. The van der Waals surface area contributed by atoms with Crippen LogP contribution in [0.15, 0.2) is 29.1 Å². The fraction of sp³-hybridized carbons (Fsp3) is 0.500. The minimum absolute atomic E-state index is 0.0972. The van der Waals surface area contributed by atoms with Crippen LogP contribution < -0.4 is 15.0 Å². The molecule has 0 spiro atoms. The molecular weight excluding hydrogens is 370 g/mol. The molecule has 1 aromatic carbocycles. The van der Waals surface area contributed by atoms with Gasteiger partial charge < -0.3 is 18.9 Å². The van der Waals surface area contributed by atoms with Gasteiger partial charge in [-0.25, -0.2) is 0 Å². The van der Waals surface area contributed by atoms with Gasteiger partial charge in [0.1, 0.15) is 5.82 Å². The molecule has 0 aliphatic carbocycles. The summed E-state index contributed by atoms with van der Waals surface area (Å²) >= 11 is 0. The normalized spacial score (nSPS) is 18.4. The zero-order chi connectivity index (χ0) is 20.4. The molecule has 1 atom stereocenters. The number of hydrogen-bond donors (Lipinski definition) is 0. The SMILES string of the molecule is COc1ccc(CC(=O)N2CCC[C@H](c3cc(=O)nc4n3CCC4)C2)cc1OC. The Morgan fingerprint density at radius 1 is 1.14 bits per heavy atom. The van der Waals surface area contributed by atoms with Gasteiger partial charge in [0.2, 0.25) is 5.91 Å². The standard InChI is InChI=1S/C22H27N3O4/c1-28-18-8-7-15(11-19(18)29-2)12-22(27)24-9-3-5-16(14-24)17-13-21(26)23-20-6-4-10-25(17)20/h7-8,11,13,16H,3-6,9-10,12,14H2,1-2H3/t16-/m0/s1. The quantitative estimate of drug-likeness (QED) is 0.773. The van der Waals surface area contributed by atoms with Crippen molar-refractivity contribution >= 4 is 5.91 Å². The van der Waals surface area contributed by atoms with Crippen LogP contribution in [0.5, 0.6) is 11.5 Å². The summed E-state index contributed by atoms with van der Waals surface area (Å²) in [6.07, 6.45) is 4.13. The number of carbonyl (C=O) groups excluding carboxylic acids is 1. The van der Waals surface area contributed by atoms with Crippen molar-refractivity contribution in [2.45, 2.75) is 44.6 Å². The molecule has 4 rings (SSSR count). The minimum atomic E-state index is -0.165. The van der Waals surface area contributed by atoms with Crippen LogP contribution in [0, 0.1) is 0 Å². The predicted octanol–water partition coefficient (Wildman–Crippen LogP) is 2.16. The summed E-state index contributed by atoms with van der Waals surface area (Å²) in [5, 5.41) is 0. The van der Waals surface area contributed by atoms with Gasteiger partial charge in [-0.2, -0.15) is 4.98 Å². The number of nitrogens with zero attached hydrogens (tertiary/aromatic N) is 3. The summed E-state index contributed by atoms with van der Waals surface area (Å²) in [6, 6.07) is 7.25. The van der Waals surface area contributed by atoms with Gasteiger partial charge in [0.25, 0.3) is 5.56 Å². The maximum atomic E-state index is 13.0. The van der Waals surface area contributed by atoms with Gasteiger partial charge in [-0.1, -0.05) is 6.07 Å². The summed E-state index contributed by atoms with van der Waals surface area (Å²) in [5.74, 6) is 2.45. The van der Waals surface area contributed by atoms with Gasteiger partial charge in [0.15, 0.2) is 11.5 Å². The average Bonchev–Trinajstić information content (AvgIpc) is 3.21. The van der Waals surface area contributed by atoms with Crippen molar-refractivity contribution in [3.05, 3.63) is 51.7 Å². The summed E-state index contributed by atoms with van der Waals surface area (Å²) in [6.45, 7) is 2.31. The number of rotatable bonds is 5.